The molecule has 1 saturated heterocycles. The second-order valence-electron chi connectivity index (χ2n) is 7.95. The summed E-state index contributed by atoms with van der Waals surface area (Å²) in [4.78, 5) is 19.5. The van der Waals surface area contributed by atoms with Crippen molar-refractivity contribution in [3.63, 3.8) is 0 Å². The van der Waals surface area contributed by atoms with E-state index in [0.29, 0.717) is 60.2 Å². The smallest absolute Gasteiger partial charge is 0.416 e. The Morgan fingerprint density at radius 1 is 1.30 bits per heavy atom. The predicted octanol–water partition coefficient (Wildman–Crippen LogP) is 4.44. The van der Waals surface area contributed by atoms with E-state index in [1.165, 1.54) is 21.9 Å². The van der Waals surface area contributed by atoms with E-state index in [4.69, 9.17) is 4.74 Å². The second kappa shape index (κ2) is 9.30. The lowest BCUT2D eigenvalue weighted by atomic mass is 9.93. The zero-order chi connectivity index (χ0) is 23.8. The standard InChI is InChI=1S/C22H25F3N4O3S/c1-3-16-26-21-29(27-16)19(30)18(33-21)17(14-6-5-7-15(12-14)22(23,24)25)28-10-8-13(9-11-28)20(31)32-4-2/h5-7,12-13,17,30H,3-4,8-11H2,1-2H3/t17-/m0/s1. The molecule has 33 heavy (non-hydrogen) atoms. The van der Waals surface area contributed by atoms with E-state index in [0.717, 1.165) is 12.1 Å². The van der Waals surface area contributed by atoms with Crippen molar-refractivity contribution in [2.45, 2.75) is 45.3 Å². The van der Waals surface area contributed by atoms with Gasteiger partial charge >= 0.3 is 12.1 Å². The Hall–Kier alpha value is -2.66. The number of alkyl halides is 3. The van der Waals surface area contributed by atoms with E-state index in [9.17, 15) is 23.1 Å². The molecule has 0 aliphatic carbocycles. The maximum Gasteiger partial charge on any atom is 0.416 e. The first-order valence-corrected chi connectivity index (χ1v) is 11.7. The molecule has 0 spiro atoms. The van der Waals surface area contributed by atoms with Crippen LogP contribution in [0.15, 0.2) is 24.3 Å². The molecule has 3 heterocycles. The molecule has 178 valence electrons. The Kier molecular flexibility index (Phi) is 6.62. The van der Waals surface area contributed by atoms with E-state index in [2.05, 4.69) is 10.1 Å². The highest BCUT2D eigenvalue weighted by Gasteiger charge is 2.36. The van der Waals surface area contributed by atoms with Crippen molar-refractivity contribution in [3.8, 4) is 5.88 Å². The van der Waals surface area contributed by atoms with Gasteiger partial charge in [-0.1, -0.05) is 30.4 Å². The van der Waals surface area contributed by atoms with Gasteiger partial charge in [-0.3, -0.25) is 9.69 Å². The van der Waals surface area contributed by atoms with E-state index in [1.54, 1.807) is 13.0 Å². The number of fused-ring (bicyclic) bond motifs is 1. The van der Waals surface area contributed by atoms with Crippen molar-refractivity contribution >= 4 is 22.3 Å². The molecule has 3 aromatic rings. The molecule has 1 atom stereocenters. The number of hydrogen-bond acceptors (Lipinski definition) is 7. The third-order valence-electron chi connectivity index (χ3n) is 5.85. The first-order valence-electron chi connectivity index (χ1n) is 10.9. The number of carbonyl (C=O) groups is 1. The number of thiazole rings is 1. The van der Waals surface area contributed by atoms with Crippen LogP contribution in [-0.4, -0.2) is 50.3 Å². The Balaban J connectivity index is 1.72. The molecule has 7 nitrogen and oxygen atoms in total. The number of ether oxygens (including phenoxy) is 1. The minimum atomic E-state index is -4.48. The minimum absolute atomic E-state index is 0.128. The molecular formula is C22H25F3N4O3S. The van der Waals surface area contributed by atoms with Crippen molar-refractivity contribution in [1.82, 2.24) is 19.5 Å². The van der Waals surface area contributed by atoms with Gasteiger partial charge in [0.2, 0.25) is 10.8 Å². The summed E-state index contributed by atoms with van der Waals surface area (Å²) in [5.74, 6) is -0.0426. The normalized spacial score (nSPS) is 16.9. The number of hydrogen-bond donors (Lipinski definition) is 1. The van der Waals surface area contributed by atoms with Gasteiger partial charge in [-0.15, -0.1) is 5.10 Å². The quantitative estimate of drug-likeness (QED) is 0.524. The van der Waals surface area contributed by atoms with Crippen molar-refractivity contribution in [1.29, 1.82) is 0 Å². The number of carbonyl (C=O) groups excluding carboxylic acids is 1. The number of benzene rings is 1. The largest absolute Gasteiger partial charge is 0.492 e. The topological polar surface area (TPSA) is 80.0 Å². The number of halogens is 3. The van der Waals surface area contributed by atoms with Gasteiger partial charge in [0.15, 0.2) is 5.82 Å². The molecule has 0 saturated carbocycles. The monoisotopic (exact) mass is 482 g/mol. The highest BCUT2D eigenvalue weighted by molar-refractivity contribution is 7.17. The number of aryl methyl sites for hydroxylation is 1. The zero-order valence-corrected chi connectivity index (χ0v) is 19.1. The number of aromatic nitrogens is 3. The Labute approximate surface area is 192 Å². The van der Waals surface area contributed by atoms with Gasteiger partial charge < -0.3 is 9.84 Å². The molecule has 1 N–H and O–H groups in total. The molecule has 0 radical (unpaired) electrons. The third-order valence-corrected chi connectivity index (χ3v) is 6.93. The number of rotatable bonds is 6. The summed E-state index contributed by atoms with van der Waals surface area (Å²) in [5.41, 5.74) is -0.339. The Morgan fingerprint density at radius 3 is 2.64 bits per heavy atom. The van der Waals surface area contributed by atoms with Crippen LogP contribution in [0, 0.1) is 5.92 Å². The van der Waals surface area contributed by atoms with E-state index >= 15 is 0 Å². The van der Waals surface area contributed by atoms with E-state index in [1.807, 2.05) is 11.8 Å². The Morgan fingerprint density at radius 2 is 2.03 bits per heavy atom. The van der Waals surface area contributed by atoms with Crippen LogP contribution in [0.2, 0.25) is 0 Å². The van der Waals surface area contributed by atoms with Gasteiger partial charge in [0, 0.05) is 6.42 Å². The summed E-state index contributed by atoms with van der Waals surface area (Å²) in [6.07, 6.45) is -2.84. The lowest BCUT2D eigenvalue weighted by Gasteiger charge is -2.36. The first kappa shape index (κ1) is 23.5. The first-order chi connectivity index (χ1) is 15.7. The average molecular weight is 483 g/mol. The summed E-state index contributed by atoms with van der Waals surface area (Å²) in [6, 6.07) is 4.52. The maximum absolute atomic E-state index is 13.4. The molecule has 4 rings (SSSR count). The summed E-state index contributed by atoms with van der Waals surface area (Å²) >= 11 is 1.21. The van der Waals surface area contributed by atoms with Crippen LogP contribution in [0.4, 0.5) is 13.2 Å². The SMILES string of the molecule is CCOC(=O)C1CCN([C@@H](c2cccc(C(F)(F)F)c2)c2sc3nc(CC)nn3c2O)CC1. The lowest BCUT2D eigenvalue weighted by molar-refractivity contribution is -0.149. The van der Waals surface area contributed by atoms with Crippen LogP contribution in [-0.2, 0) is 22.1 Å². The molecule has 0 bridgehead atoms. The summed E-state index contributed by atoms with van der Waals surface area (Å²) in [6.45, 7) is 4.90. The van der Waals surface area contributed by atoms with Crippen LogP contribution in [0.1, 0.15) is 54.6 Å². The second-order valence-corrected chi connectivity index (χ2v) is 8.96. The summed E-state index contributed by atoms with van der Waals surface area (Å²) < 4.78 is 46.8. The van der Waals surface area contributed by atoms with Gasteiger partial charge in [-0.05, 0) is 50.6 Å². The maximum atomic E-state index is 13.4. The van der Waals surface area contributed by atoms with Crippen LogP contribution in [0.25, 0.3) is 4.96 Å². The third kappa shape index (κ3) is 4.70. The van der Waals surface area contributed by atoms with E-state index in [-0.39, 0.29) is 17.8 Å². The number of nitrogens with zero attached hydrogens (tertiary/aromatic N) is 4. The van der Waals surface area contributed by atoms with E-state index < -0.39 is 17.8 Å². The number of likely N-dealkylation sites (tertiary alicyclic amines) is 1. The van der Waals surface area contributed by atoms with Crippen LogP contribution < -0.4 is 0 Å². The van der Waals surface area contributed by atoms with Gasteiger partial charge in [0.25, 0.3) is 0 Å². The predicted molar refractivity (Wildman–Crippen MR) is 116 cm³/mol. The number of piperidine rings is 1. The fourth-order valence-corrected chi connectivity index (χ4v) is 5.32. The molecule has 1 aromatic carbocycles. The average Bonchev–Trinajstić information content (AvgIpc) is 3.33. The molecule has 1 aliphatic rings. The van der Waals surface area contributed by atoms with Gasteiger partial charge in [-0.2, -0.15) is 17.7 Å². The van der Waals surface area contributed by atoms with Gasteiger partial charge in [0.05, 0.1) is 29.0 Å². The fraction of sp³-hybridized carbons (Fsp3) is 0.500. The minimum Gasteiger partial charge on any atom is -0.492 e. The number of esters is 1. The summed E-state index contributed by atoms with van der Waals surface area (Å²) in [5, 5.41) is 15.2. The molecule has 0 unspecified atom stereocenters. The van der Waals surface area contributed by atoms with Crippen molar-refractivity contribution in [2.24, 2.45) is 5.92 Å². The highest BCUT2D eigenvalue weighted by Crippen LogP contribution is 2.42. The molecule has 1 fully saturated rings. The molecule has 11 heteroatoms. The van der Waals surface area contributed by atoms with Crippen LogP contribution in [0.5, 0.6) is 5.88 Å². The molecular weight excluding hydrogens is 457 g/mol. The van der Waals surface area contributed by atoms with Crippen molar-refractivity contribution in [3.05, 3.63) is 46.1 Å². The van der Waals surface area contributed by atoms with Gasteiger partial charge in [-0.25, -0.2) is 4.98 Å². The van der Waals surface area contributed by atoms with Gasteiger partial charge in [0.1, 0.15) is 0 Å². The molecule has 1 aliphatic heterocycles. The summed E-state index contributed by atoms with van der Waals surface area (Å²) in [7, 11) is 0. The van der Waals surface area contributed by atoms with Crippen molar-refractivity contribution < 1.29 is 27.8 Å². The van der Waals surface area contributed by atoms with Crippen LogP contribution in [0.3, 0.4) is 0 Å². The fourth-order valence-electron chi connectivity index (χ4n) is 4.19. The lowest BCUT2D eigenvalue weighted by Crippen LogP contribution is -2.39. The molecule has 0 amide bonds. The Bertz CT molecular complexity index is 1140. The number of aromatic hydroxyl groups is 1. The van der Waals surface area contributed by atoms with Crippen LogP contribution >= 0.6 is 11.3 Å². The zero-order valence-electron chi connectivity index (χ0n) is 18.3. The van der Waals surface area contributed by atoms with Crippen molar-refractivity contribution in [2.75, 3.05) is 19.7 Å². The highest BCUT2D eigenvalue weighted by atomic mass is 32.1. The molecule has 2 aromatic heterocycles.